The molecule has 0 spiro atoms. The van der Waals surface area contributed by atoms with Gasteiger partial charge in [0.15, 0.2) is 5.11 Å². The van der Waals surface area contributed by atoms with E-state index in [1.807, 2.05) is 25.1 Å². The van der Waals surface area contributed by atoms with Gasteiger partial charge in [0.25, 0.3) is 0 Å². The fourth-order valence-electron chi connectivity index (χ4n) is 2.36. The molecule has 2 aromatic carbocycles. The number of carbonyl (C=O) groups excluding carboxylic acids is 1. The van der Waals surface area contributed by atoms with Gasteiger partial charge >= 0.3 is 0 Å². The largest absolute Gasteiger partial charge is 0.331 e. The molecule has 0 aromatic heterocycles. The molecule has 0 aliphatic carbocycles. The van der Waals surface area contributed by atoms with E-state index >= 15 is 0 Å². The number of hydrazine groups is 1. The molecule has 0 fully saturated rings. The van der Waals surface area contributed by atoms with Crippen molar-refractivity contribution in [3.05, 3.63) is 63.1 Å². The van der Waals surface area contributed by atoms with Gasteiger partial charge < -0.3 is 5.32 Å². The van der Waals surface area contributed by atoms with Crippen LogP contribution in [0.1, 0.15) is 23.6 Å². The minimum Gasteiger partial charge on any atom is -0.331 e. The molecule has 0 radical (unpaired) electrons. The average Bonchev–Trinajstić information content (AvgIpc) is 2.57. The number of thiocarbonyl (C=S) groups is 1. The van der Waals surface area contributed by atoms with E-state index in [4.69, 9.17) is 35.4 Å². The summed E-state index contributed by atoms with van der Waals surface area (Å²) in [4.78, 5) is 12.0. The summed E-state index contributed by atoms with van der Waals surface area (Å²) in [5, 5.41) is 4.43. The van der Waals surface area contributed by atoms with Crippen molar-refractivity contribution in [2.24, 2.45) is 0 Å². The summed E-state index contributed by atoms with van der Waals surface area (Å²) in [6.07, 6.45) is 1.00. The molecule has 3 N–H and O–H groups in total. The Bertz CT molecular complexity index is 796. The summed E-state index contributed by atoms with van der Waals surface area (Å²) in [5.74, 6) is -0.256. The predicted molar refractivity (Wildman–Crippen MR) is 108 cm³/mol. The van der Waals surface area contributed by atoms with Gasteiger partial charge in [0.1, 0.15) is 0 Å². The number of hydrogen-bond donors (Lipinski definition) is 3. The van der Waals surface area contributed by atoms with Crippen molar-refractivity contribution in [1.82, 2.24) is 10.9 Å². The molecule has 0 bridgehead atoms. The number of aryl methyl sites for hydroxylation is 2. The fourth-order valence-corrected chi connectivity index (χ4v) is 2.98. The lowest BCUT2D eigenvalue weighted by molar-refractivity contribution is -0.120. The number of carbonyl (C=O) groups is 1. The van der Waals surface area contributed by atoms with E-state index < -0.39 is 0 Å². The molecule has 0 unspecified atom stereocenters. The number of amides is 1. The zero-order valence-electron chi connectivity index (χ0n) is 14.0. The van der Waals surface area contributed by atoms with Crippen LogP contribution < -0.4 is 16.2 Å². The normalized spacial score (nSPS) is 10.2. The minimum absolute atomic E-state index is 0.121. The third-order valence-electron chi connectivity index (χ3n) is 3.66. The number of halogens is 2. The van der Waals surface area contributed by atoms with Gasteiger partial charge in [-0.2, -0.15) is 0 Å². The molecule has 25 heavy (non-hydrogen) atoms. The summed E-state index contributed by atoms with van der Waals surface area (Å²) in [5.41, 5.74) is 9.17. The van der Waals surface area contributed by atoms with Gasteiger partial charge in [-0.05, 0) is 54.4 Å². The lowest BCUT2D eigenvalue weighted by Gasteiger charge is -2.16. The minimum atomic E-state index is -0.256. The van der Waals surface area contributed by atoms with Crippen molar-refractivity contribution in [2.75, 3.05) is 5.32 Å². The maximum atomic E-state index is 12.0. The monoisotopic (exact) mass is 395 g/mol. The van der Waals surface area contributed by atoms with E-state index in [9.17, 15) is 4.79 Å². The van der Waals surface area contributed by atoms with Gasteiger partial charge in [0.2, 0.25) is 5.91 Å². The SMILES string of the molecule is CCc1cccc(C)c1NC(=S)NNC(=O)Cc1ccc(Cl)cc1Cl. The van der Waals surface area contributed by atoms with Crippen LogP contribution >= 0.6 is 35.4 Å². The van der Waals surface area contributed by atoms with Crippen LogP contribution in [0.15, 0.2) is 36.4 Å². The molecule has 7 heteroatoms. The fraction of sp³-hybridized carbons (Fsp3) is 0.222. The van der Waals surface area contributed by atoms with Gasteiger partial charge in [0.05, 0.1) is 6.42 Å². The van der Waals surface area contributed by atoms with Crippen molar-refractivity contribution in [1.29, 1.82) is 0 Å². The first-order valence-electron chi connectivity index (χ1n) is 7.79. The highest BCUT2D eigenvalue weighted by Gasteiger charge is 2.09. The lowest BCUT2D eigenvalue weighted by Crippen LogP contribution is -2.44. The molecule has 0 aliphatic heterocycles. The third kappa shape index (κ3) is 5.59. The molecule has 0 heterocycles. The maximum Gasteiger partial charge on any atom is 0.242 e. The van der Waals surface area contributed by atoms with Crippen molar-refractivity contribution in [3.8, 4) is 0 Å². The Balaban J connectivity index is 1.91. The van der Waals surface area contributed by atoms with Crippen LogP contribution in [0.3, 0.4) is 0 Å². The molecular formula is C18H19Cl2N3OS. The quantitative estimate of drug-likeness (QED) is 0.529. The molecule has 4 nitrogen and oxygen atoms in total. The Morgan fingerprint density at radius 2 is 1.88 bits per heavy atom. The number of rotatable bonds is 4. The Morgan fingerprint density at radius 3 is 2.56 bits per heavy atom. The van der Waals surface area contributed by atoms with Gasteiger partial charge in [-0.1, -0.05) is 54.4 Å². The summed E-state index contributed by atoms with van der Waals surface area (Å²) in [6, 6.07) is 11.1. The van der Waals surface area contributed by atoms with E-state index in [-0.39, 0.29) is 12.3 Å². The van der Waals surface area contributed by atoms with Gasteiger partial charge in [-0.25, -0.2) is 0 Å². The van der Waals surface area contributed by atoms with E-state index in [0.29, 0.717) is 20.7 Å². The maximum absolute atomic E-state index is 12.0. The molecule has 0 aliphatic rings. The first kappa shape index (κ1) is 19.5. The smallest absolute Gasteiger partial charge is 0.242 e. The van der Waals surface area contributed by atoms with Gasteiger partial charge in [-0.3, -0.25) is 15.6 Å². The Kier molecular flexibility index (Phi) is 7.05. The molecule has 2 rings (SSSR count). The predicted octanol–water partition coefficient (Wildman–Crippen LogP) is 4.42. The average molecular weight is 396 g/mol. The second-order valence-electron chi connectivity index (χ2n) is 5.50. The number of anilines is 1. The Labute approximate surface area is 162 Å². The Morgan fingerprint density at radius 1 is 1.12 bits per heavy atom. The molecule has 132 valence electrons. The van der Waals surface area contributed by atoms with Crippen molar-refractivity contribution in [3.63, 3.8) is 0 Å². The van der Waals surface area contributed by atoms with Crippen molar-refractivity contribution >= 4 is 52.1 Å². The third-order valence-corrected chi connectivity index (χ3v) is 4.45. The zero-order valence-corrected chi connectivity index (χ0v) is 16.3. The van der Waals surface area contributed by atoms with E-state index in [0.717, 1.165) is 23.2 Å². The standard InChI is InChI=1S/C18H19Cl2N3OS/c1-3-12-6-4-5-11(2)17(12)21-18(25)23-22-16(24)9-13-7-8-14(19)10-15(13)20/h4-8,10H,3,9H2,1-2H3,(H,22,24)(H2,21,23,25). The van der Waals surface area contributed by atoms with Crippen molar-refractivity contribution < 1.29 is 4.79 Å². The first-order chi connectivity index (χ1) is 11.9. The summed E-state index contributed by atoms with van der Waals surface area (Å²) in [7, 11) is 0. The first-order valence-corrected chi connectivity index (χ1v) is 8.95. The number of benzene rings is 2. The van der Waals surface area contributed by atoms with Crippen LogP contribution in [0.4, 0.5) is 5.69 Å². The summed E-state index contributed by atoms with van der Waals surface area (Å²) < 4.78 is 0. The highest BCUT2D eigenvalue weighted by atomic mass is 35.5. The molecule has 0 saturated carbocycles. The summed E-state index contributed by atoms with van der Waals surface area (Å²) in [6.45, 7) is 4.08. The molecule has 2 aromatic rings. The number of nitrogens with one attached hydrogen (secondary N) is 3. The second-order valence-corrected chi connectivity index (χ2v) is 6.75. The van der Waals surface area contributed by atoms with Gasteiger partial charge in [0, 0.05) is 15.7 Å². The van der Waals surface area contributed by atoms with E-state index in [2.05, 4.69) is 23.1 Å². The van der Waals surface area contributed by atoms with Crippen LogP contribution in [-0.4, -0.2) is 11.0 Å². The highest BCUT2D eigenvalue weighted by Crippen LogP contribution is 2.22. The molecule has 0 saturated heterocycles. The highest BCUT2D eigenvalue weighted by molar-refractivity contribution is 7.80. The van der Waals surface area contributed by atoms with Crippen LogP contribution in [0, 0.1) is 6.92 Å². The number of para-hydroxylation sites is 1. The van der Waals surface area contributed by atoms with Gasteiger partial charge in [-0.15, -0.1) is 0 Å². The van der Waals surface area contributed by atoms with E-state index in [1.165, 1.54) is 0 Å². The molecule has 0 atom stereocenters. The van der Waals surface area contributed by atoms with Crippen LogP contribution in [-0.2, 0) is 17.6 Å². The van der Waals surface area contributed by atoms with Crippen LogP contribution in [0.2, 0.25) is 10.0 Å². The molecular weight excluding hydrogens is 377 g/mol. The number of hydrogen-bond acceptors (Lipinski definition) is 2. The van der Waals surface area contributed by atoms with Crippen molar-refractivity contribution in [2.45, 2.75) is 26.7 Å². The Hall–Kier alpha value is -1.82. The van der Waals surface area contributed by atoms with Crippen LogP contribution in [0.5, 0.6) is 0 Å². The topological polar surface area (TPSA) is 53.2 Å². The summed E-state index contributed by atoms with van der Waals surface area (Å²) >= 11 is 17.2. The second kappa shape index (κ2) is 9.04. The van der Waals surface area contributed by atoms with E-state index in [1.54, 1.807) is 18.2 Å². The lowest BCUT2D eigenvalue weighted by atomic mass is 10.1. The molecule has 1 amide bonds. The zero-order chi connectivity index (χ0) is 18.4. The van der Waals surface area contributed by atoms with Crippen LogP contribution in [0.25, 0.3) is 0 Å².